The van der Waals surface area contributed by atoms with Gasteiger partial charge in [-0.1, -0.05) is 199 Å². The molecule has 6 aromatic carbocycles. The fraction of sp³-hybridized carbons (Fsp3) is 0.321. The summed E-state index contributed by atoms with van der Waals surface area (Å²) in [6.07, 6.45) is 3.61. The third kappa shape index (κ3) is 19.1. The Hall–Kier alpha value is -6.34. The molecule has 0 bridgehead atoms. The zero-order chi connectivity index (χ0) is 48.4. The van der Waals surface area contributed by atoms with E-state index < -0.39 is 17.2 Å². The number of ketones is 1. The summed E-state index contributed by atoms with van der Waals surface area (Å²) in [6.45, 7) is 26.7. The van der Waals surface area contributed by atoms with E-state index in [1.165, 1.54) is 65.8 Å². The first-order valence-corrected chi connectivity index (χ1v) is 22.4. The van der Waals surface area contributed by atoms with E-state index in [-0.39, 0.29) is 23.7 Å². The lowest BCUT2D eigenvalue weighted by Gasteiger charge is -2.33. The molecule has 63 heavy (non-hydrogen) atoms. The lowest BCUT2D eigenvalue weighted by Crippen LogP contribution is -2.28. The predicted octanol–water partition coefficient (Wildman–Crippen LogP) is 15.1. The minimum atomic E-state index is -1.44. The lowest BCUT2D eigenvalue weighted by atomic mass is 9.68. The van der Waals surface area contributed by atoms with Crippen molar-refractivity contribution >= 4 is 11.8 Å². The molecule has 0 radical (unpaired) electrons. The van der Waals surface area contributed by atoms with E-state index in [9.17, 15) is 19.8 Å². The maximum absolute atomic E-state index is 10.7. The molecule has 0 saturated carbocycles. The maximum Gasteiger partial charge on any atom is 0.372 e. The molecule has 7 nitrogen and oxygen atoms in total. The van der Waals surface area contributed by atoms with E-state index in [1.807, 2.05) is 84.9 Å². The summed E-state index contributed by atoms with van der Waals surface area (Å²) in [5.74, 6) is -1.37. The Morgan fingerprint density at radius 1 is 0.444 bits per heavy atom. The highest BCUT2D eigenvalue weighted by Gasteiger charge is 2.45. The van der Waals surface area contributed by atoms with Crippen molar-refractivity contribution in [2.45, 2.75) is 121 Å². The molecule has 5 N–H and O–H groups in total. The second-order valence-electron chi connectivity index (χ2n) is 13.5. The van der Waals surface area contributed by atoms with Gasteiger partial charge in [-0.3, -0.25) is 4.79 Å². The van der Waals surface area contributed by atoms with Crippen molar-refractivity contribution in [3.63, 3.8) is 0 Å². The number of rotatable bonds is 5. The number of carboxylic acid groups (broad SMARTS) is 1. The molecule has 0 saturated heterocycles. The van der Waals surface area contributed by atoms with Gasteiger partial charge in [-0.25, -0.2) is 4.79 Å². The summed E-state index contributed by atoms with van der Waals surface area (Å²) in [6, 6.07) is 44.8. The Morgan fingerprint density at radius 2 is 0.778 bits per heavy atom. The van der Waals surface area contributed by atoms with Crippen molar-refractivity contribution in [3.8, 4) is 34.1 Å². The highest BCUT2D eigenvalue weighted by Crippen LogP contribution is 2.56. The van der Waals surface area contributed by atoms with Gasteiger partial charge >= 0.3 is 5.97 Å². The van der Waals surface area contributed by atoms with E-state index in [1.54, 1.807) is 36.4 Å². The van der Waals surface area contributed by atoms with Crippen molar-refractivity contribution < 1.29 is 35.1 Å². The Balaban J connectivity index is 0. The summed E-state index contributed by atoms with van der Waals surface area (Å²) >= 11 is 0. The first-order chi connectivity index (χ1) is 30.3. The molecule has 7 heteroatoms. The Labute approximate surface area is 379 Å². The van der Waals surface area contributed by atoms with Gasteiger partial charge in [-0.15, -0.1) is 0 Å². The monoisotopic (exact) mass is 861 g/mol. The summed E-state index contributed by atoms with van der Waals surface area (Å²) in [4.78, 5) is 20.9. The van der Waals surface area contributed by atoms with Crippen LogP contribution in [-0.4, -0.2) is 37.3 Å². The van der Waals surface area contributed by atoms with Gasteiger partial charge in [0.1, 0.15) is 23.0 Å². The number of carbonyl (C=O) groups is 2. The van der Waals surface area contributed by atoms with Gasteiger partial charge in [0, 0.05) is 6.42 Å². The number of phenolic OH excluding ortho intramolecular Hbond substituents is 4. The summed E-state index contributed by atoms with van der Waals surface area (Å²) in [5, 5.41) is 45.7. The van der Waals surface area contributed by atoms with Gasteiger partial charge < -0.3 is 25.5 Å². The third-order valence-corrected chi connectivity index (χ3v) is 8.09. The first kappa shape index (κ1) is 58.8. The number of aliphatic carboxylic acids is 1. The number of aryl methyl sites for hydroxylation is 1. The number of fused-ring (bicyclic) bond motifs is 3. The van der Waals surface area contributed by atoms with E-state index in [2.05, 4.69) is 90.1 Å². The Bertz CT molecular complexity index is 1970. The number of phenols is 4. The molecule has 0 atom stereocenters. The average Bonchev–Trinajstić information content (AvgIpc) is 3.59. The molecule has 0 spiro atoms. The van der Waals surface area contributed by atoms with Gasteiger partial charge in [0.05, 0.1) is 5.41 Å². The van der Waals surface area contributed by atoms with Crippen LogP contribution in [0.1, 0.15) is 136 Å². The van der Waals surface area contributed by atoms with Crippen molar-refractivity contribution in [1.82, 2.24) is 0 Å². The number of Topliss-reactive ketones (excluding diaryl/α,β-unsaturated/α-hetero) is 1. The molecule has 0 aliphatic heterocycles. The maximum atomic E-state index is 10.7. The fourth-order valence-corrected chi connectivity index (χ4v) is 5.95. The van der Waals surface area contributed by atoms with E-state index in [0.717, 1.165) is 16.7 Å². The van der Waals surface area contributed by atoms with Crippen molar-refractivity contribution in [1.29, 1.82) is 0 Å². The van der Waals surface area contributed by atoms with Crippen LogP contribution < -0.4 is 0 Å². The van der Waals surface area contributed by atoms with E-state index >= 15 is 0 Å². The molecule has 1 aliphatic carbocycles. The molecule has 0 aromatic heterocycles. The van der Waals surface area contributed by atoms with Crippen LogP contribution in [0.3, 0.4) is 0 Å². The molecule has 342 valence electrons. The van der Waals surface area contributed by atoms with Crippen LogP contribution in [0.5, 0.6) is 23.0 Å². The number of hydrogen-bond acceptors (Lipinski definition) is 6. The average molecular weight is 861 g/mol. The Kier molecular flexibility index (Phi) is 32.0. The fourth-order valence-electron chi connectivity index (χ4n) is 5.95. The number of carboxylic acids is 1. The number of carbonyl (C=O) groups excluding carboxylic acids is 1. The highest BCUT2D eigenvalue weighted by molar-refractivity contribution is 6.33. The smallest absolute Gasteiger partial charge is 0.372 e. The van der Waals surface area contributed by atoms with Gasteiger partial charge in [-0.2, -0.15) is 0 Å². The van der Waals surface area contributed by atoms with E-state index in [4.69, 9.17) is 15.3 Å². The van der Waals surface area contributed by atoms with Crippen molar-refractivity contribution in [2.24, 2.45) is 0 Å². The van der Waals surface area contributed by atoms with Crippen LogP contribution in [0.2, 0.25) is 0 Å². The predicted molar refractivity (Wildman–Crippen MR) is 266 cm³/mol. The number of aromatic hydroxyl groups is 4. The molecular weight excluding hydrogens is 785 g/mol. The molecule has 6 aromatic rings. The third-order valence-electron chi connectivity index (χ3n) is 8.09. The van der Waals surface area contributed by atoms with Crippen molar-refractivity contribution in [2.75, 3.05) is 0 Å². The minimum Gasteiger partial charge on any atom is -0.508 e. The molecular formula is C56H76O7. The zero-order valence-electron chi connectivity index (χ0n) is 40.2. The van der Waals surface area contributed by atoms with Crippen LogP contribution in [0.15, 0.2) is 146 Å². The van der Waals surface area contributed by atoms with E-state index in [0.29, 0.717) is 11.3 Å². The van der Waals surface area contributed by atoms with Crippen LogP contribution in [0.25, 0.3) is 11.1 Å². The first-order valence-electron chi connectivity index (χ1n) is 22.4. The summed E-state index contributed by atoms with van der Waals surface area (Å²) in [5.41, 5.74) is 8.20. The lowest BCUT2D eigenvalue weighted by molar-refractivity contribution is -0.148. The number of hydrogen-bond donors (Lipinski definition) is 5. The van der Waals surface area contributed by atoms with Gasteiger partial charge in [0.15, 0.2) is 0 Å². The second-order valence-corrected chi connectivity index (χ2v) is 13.5. The normalized spacial score (nSPS) is 10.2. The largest absolute Gasteiger partial charge is 0.508 e. The molecule has 0 fully saturated rings. The van der Waals surface area contributed by atoms with Gasteiger partial charge in [0.25, 0.3) is 0 Å². The van der Waals surface area contributed by atoms with Crippen molar-refractivity contribution in [3.05, 3.63) is 179 Å². The molecule has 0 heterocycles. The highest BCUT2D eigenvalue weighted by atomic mass is 16.4. The van der Waals surface area contributed by atoms with Crippen LogP contribution in [0.4, 0.5) is 0 Å². The molecule has 0 amide bonds. The second kappa shape index (κ2) is 34.3. The van der Waals surface area contributed by atoms with Crippen LogP contribution in [0, 0.1) is 6.92 Å². The Morgan fingerprint density at radius 3 is 1.08 bits per heavy atom. The van der Waals surface area contributed by atoms with Crippen LogP contribution in [-0.2, 0) is 21.4 Å². The number of benzene rings is 6. The molecule has 7 rings (SSSR count). The SMILES string of the molecule is CC.CC.CC.CCC.CCC.CCC.Cc1cccc(O)c1.O=C(O)C(=O)Cc1ccc(O)cc1.Oc1ccc(C2(c3ccc(O)cc3)c3ccccc3-c3ccccc32)cc1. The van der Waals surface area contributed by atoms with Gasteiger partial charge in [0.2, 0.25) is 5.78 Å². The van der Waals surface area contributed by atoms with Crippen LogP contribution >= 0.6 is 0 Å². The van der Waals surface area contributed by atoms with Gasteiger partial charge in [-0.05, 0) is 100.0 Å². The molecule has 1 aliphatic rings. The summed E-state index contributed by atoms with van der Waals surface area (Å²) < 4.78 is 0. The summed E-state index contributed by atoms with van der Waals surface area (Å²) in [7, 11) is 0. The minimum absolute atomic E-state index is 0.0894. The topological polar surface area (TPSA) is 135 Å². The quantitative estimate of drug-likeness (QED) is 0.109. The standard InChI is InChI=1S/C25H18O2.C9H8O4.C7H8O.3C3H8.3C2H6/c26-19-13-9-17(10-14-19)25(18-11-15-20(27)16-12-18)23-7-3-1-5-21(23)22-6-2-4-8-24(22)25;10-7-3-1-6(2-4-7)5-8(11)9(12)13;1-6-3-2-4-7(8)5-6;3*1-3-2;3*1-2/h1-16,26-27H;1-4,10H,5H2,(H,12,13);2-5,8H,1H3;3*3H2,1-2H3;3*1-2H3. The zero-order valence-corrected chi connectivity index (χ0v) is 40.2. The molecule has 0 unspecified atom stereocenters.